The number of hydrogen-bond acceptors (Lipinski definition) is 4. The number of hydrogen-bond donors (Lipinski definition) is 2. The highest BCUT2D eigenvalue weighted by Crippen LogP contribution is 2.41. The quantitative estimate of drug-likeness (QED) is 0.860. The molecule has 2 saturated carbocycles. The minimum atomic E-state index is -0.364. The standard InChI is InChI=1S/C20H25FN4/c1-22-16-7-9-17(10-8-16)24-20-23-12-18(21)19(25-20)15-4-2-3-14(11-15)13-5-6-13/h2-4,11-13,16-17,22H,5-10H2,1H3,(H,23,24,25). The van der Waals surface area contributed by atoms with Gasteiger partial charge in [0.2, 0.25) is 5.95 Å². The molecule has 4 nitrogen and oxygen atoms in total. The molecule has 0 spiro atoms. The molecule has 0 amide bonds. The van der Waals surface area contributed by atoms with Crippen molar-refractivity contribution in [3.8, 4) is 11.3 Å². The van der Waals surface area contributed by atoms with Crippen LogP contribution in [0.25, 0.3) is 11.3 Å². The molecule has 1 aromatic heterocycles. The Morgan fingerprint density at radius 1 is 1.04 bits per heavy atom. The normalized spacial score (nSPS) is 23.4. The second kappa shape index (κ2) is 7.08. The highest BCUT2D eigenvalue weighted by molar-refractivity contribution is 5.62. The van der Waals surface area contributed by atoms with Crippen LogP contribution in [0.2, 0.25) is 0 Å². The van der Waals surface area contributed by atoms with E-state index in [-0.39, 0.29) is 5.82 Å². The van der Waals surface area contributed by atoms with Gasteiger partial charge in [0.05, 0.1) is 6.20 Å². The van der Waals surface area contributed by atoms with Gasteiger partial charge in [-0.05, 0) is 63.1 Å². The molecule has 2 aliphatic rings. The average Bonchev–Trinajstić information content (AvgIpc) is 3.49. The van der Waals surface area contributed by atoms with Gasteiger partial charge in [-0.15, -0.1) is 0 Å². The Bertz CT molecular complexity index is 736. The van der Waals surface area contributed by atoms with Crippen LogP contribution >= 0.6 is 0 Å². The molecular weight excluding hydrogens is 315 g/mol. The summed E-state index contributed by atoms with van der Waals surface area (Å²) in [6, 6.07) is 9.09. The van der Waals surface area contributed by atoms with Crippen molar-refractivity contribution in [1.82, 2.24) is 15.3 Å². The van der Waals surface area contributed by atoms with E-state index in [0.29, 0.717) is 29.6 Å². The van der Waals surface area contributed by atoms with Crippen molar-refractivity contribution in [2.45, 2.75) is 56.5 Å². The molecule has 2 aromatic rings. The summed E-state index contributed by atoms with van der Waals surface area (Å²) in [6.07, 6.45) is 8.21. The molecule has 1 heterocycles. The summed E-state index contributed by atoms with van der Waals surface area (Å²) in [4.78, 5) is 8.64. The van der Waals surface area contributed by atoms with Crippen LogP contribution < -0.4 is 10.6 Å². The van der Waals surface area contributed by atoms with Crippen LogP contribution in [0.5, 0.6) is 0 Å². The first-order chi connectivity index (χ1) is 12.2. The van der Waals surface area contributed by atoms with Crippen LogP contribution in [-0.2, 0) is 0 Å². The second-order valence-corrected chi connectivity index (χ2v) is 7.27. The van der Waals surface area contributed by atoms with E-state index >= 15 is 0 Å². The van der Waals surface area contributed by atoms with Gasteiger partial charge in [-0.2, -0.15) is 0 Å². The minimum absolute atomic E-state index is 0.362. The molecule has 5 heteroatoms. The fourth-order valence-electron chi connectivity index (χ4n) is 3.70. The third kappa shape index (κ3) is 3.82. The molecule has 1 aromatic carbocycles. The molecule has 4 rings (SSSR count). The van der Waals surface area contributed by atoms with Crippen molar-refractivity contribution in [2.24, 2.45) is 0 Å². The average molecular weight is 340 g/mol. The summed E-state index contributed by atoms with van der Waals surface area (Å²) in [5.41, 5.74) is 2.52. The van der Waals surface area contributed by atoms with Gasteiger partial charge in [-0.1, -0.05) is 18.2 Å². The number of aromatic nitrogens is 2. The predicted octanol–water partition coefficient (Wildman–Crippen LogP) is 4.10. The number of benzene rings is 1. The molecular formula is C20H25FN4. The van der Waals surface area contributed by atoms with Gasteiger partial charge in [0.1, 0.15) is 5.69 Å². The van der Waals surface area contributed by atoms with Gasteiger partial charge < -0.3 is 10.6 Å². The minimum Gasteiger partial charge on any atom is -0.351 e. The van der Waals surface area contributed by atoms with Crippen molar-refractivity contribution < 1.29 is 4.39 Å². The first-order valence-electron chi connectivity index (χ1n) is 9.29. The lowest BCUT2D eigenvalue weighted by atomic mass is 9.91. The van der Waals surface area contributed by atoms with E-state index in [1.54, 1.807) is 0 Å². The lowest BCUT2D eigenvalue weighted by molar-refractivity contribution is 0.370. The molecule has 2 aliphatic carbocycles. The number of nitrogens with zero attached hydrogens (tertiary/aromatic N) is 2. The van der Waals surface area contributed by atoms with E-state index in [4.69, 9.17) is 0 Å². The molecule has 2 N–H and O–H groups in total. The van der Waals surface area contributed by atoms with E-state index in [0.717, 1.165) is 31.2 Å². The van der Waals surface area contributed by atoms with Gasteiger partial charge in [0.25, 0.3) is 0 Å². The highest BCUT2D eigenvalue weighted by atomic mass is 19.1. The Hall–Kier alpha value is -2.01. The first kappa shape index (κ1) is 16.5. The Balaban J connectivity index is 1.52. The zero-order chi connectivity index (χ0) is 17.2. The Morgan fingerprint density at radius 3 is 2.52 bits per heavy atom. The van der Waals surface area contributed by atoms with Crippen molar-refractivity contribution in [3.05, 3.63) is 41.8 Å². The maximum absolute atomic E-state index is 14.3. The number of anilines is 1. The van der Waals surface area contributed by atoms with Crippen LogP contribution in [0, 0.1) is 5.82 Å². The zero-order valence-corrected chi connectivity index (χ0v) is 14.6. The second-order valence-electron chi connectivity index (χ2n) is 7.27. The maximum Gasteiger partial charge on any atom is 0.223 e. The van der Waals surface area contributed by atoms with E-state index in [1.165, 1.54) is 24.6 Å². The molecule has 0 bridgehead atoms. The smallest absolute Gasteiger partial charge is 0.223 e. The van der Waals surface area contributed by atoms with E-state index in [2.05, 4.69) is 32.7 Å². The molecule has 0 saturated heterocycles. The van der Waals surface area contributed by atoms with Crippen molar-refractivity contribution in [3.63, 3.8) is 0 Å². The fraction of sp³-hybridized carbons (Fsp3) is 0.500. The van der Waals surface area contributed by atoms with Crippen LogP contribution in [0.15, 0.2) is 30.5 Å². The van der Waals surface area contributed by atoms with E-state index < -0.39 is 0 Å². The molecule has 0 radical (unpaired) electrons. The van der Waals surface area contributed by atoms with Crippen LogP contribution in [0.1, 0.15) is 50.0 Å². The summed E-state index contributed by atoms with van der Waals surface area (Å²) in [7, 11) is 2.02. The molecule has 0 unspecified atom stereocenters. The van der Waals surface area contributed by atoms with Crippen LogP contribution in [-0.4, -0.2) is 29.1 Å². The molecule has 25 heavy (non-hydrogen) atoms. The van der Waals surface area contributed by atoms with Crippen LogP contribution in [0.3, 0.4) is 0 Å². The third-order valence-electron chi connectivity index (χ3n) is 5.42. The largest absolute Gasteiger partial charge is 0.351 e. The van der Waals surface area contributed by atoms with Gasteiger partial charge in [-0.3, -0.25) is 0 Å². The van der Waals surface area contributed by atoms with Crippen molar-refractivity contribution >= 4 is 5.95 Å². The summed E-state index contributed by atoms with van der Waals surface area (Å²) in [5.74, 6) is 0.809. The highest BCUT2D eigenvalue weighted by Gasteiger charge is 2.24. The summed E-state index contributed by atoms with van der Waals surface area (Å²) in [6.45, 7) is 0. The first-order valence-corrected chi connectivity index (χ1v) is 9.29. The monoisotopic (exact) mass is 340 g/mol. The summed E-state index contributed by atoms with van der Waals surface area (Å²) < 4.78 is 14.3. The molecule has 132 valence electrons. The van der Waals surface area contributed by atoms with E-state index in [9.17, 15) is 4.39 Å². The number of nitrogens with one attached hydrogen (secondary N) is 2. The Labute approximate surface area is 148 Å². The SMILES string of the molecule is CNC1CCC(Nc2ncc(F)c(-c3cccc(C4CC4)c3)n2)CC1. The van der Waals surface area contributed by atoms with Gasteiger partial charge in [-0.25, -0.2) is 14.4 Å². The lowest BCUT2D eigenvalue weighted by Crippen LogP contribution is -2.35. The maximum atomic E-state index is 14.3. The predicted molar refractivity (Wildman–Crippen MR) is 98.1 cm³/mol. The van der Waals surface area contributed by atoms with Crippen LogP contribution in [0.4, 0.5) is 10.3 Å². The van der Waals surface area contributed by atoms with Crippen molar-refractivity contribution in [2.75, 3.05) is 12.4 Å². The molecule has 0 atom stereocenters. The Kier molecular flexibility index (Phi) is 4.66. The van der Waals surface area contributed by atoms with Gasteiger partial charge in [0, 0.05) is 17.6 Å². The molecule has 2 fully saturated rings. The Morgan fingerprint density at radius 2 is 1.80 bits per heavy atom. The summed E-state index contributed by atoms with van der Waals surface area (Å²) in [5, 5.41) is 6.73. The number of rotatable bonds is 5. The molecule has 0 aliphatic heterocycles. The third-order valence-corrected chi connectivity index (χ3v) is 5.42. The fourth-order valence-corrected chi connectivity index (χ4v) is 3.70. The van der Waals surface area contributed by atoms with Gasteiger partial charge >= 0.3 is 0 Å². The topological polar surface area (TPSA) is 49.8 Å². The number of halogens is 1. The lowest BCUT2D eigenvalue weighted by Gasteiger charge is -2.28. The van der Waals surface area contributed by atoms with Crippen molar-refractivity contribution in [1.29, 1.82) is 0 Å². The van der Waals surface area contributed by atoms with Gasteiger partial charge in [0.15, 0.2) is 5.82 Å². The van der Waals surface area contributed by atoms with E-state index in [1.807, 2.05) is 19.2 Å². The zero-order valence-electron chi connectivity index (χ0n) is 14.6. The summed E-state index contributed by atoms with van der Waals surface area (Å²) >= 11 is 0.